The van der Waals surface area contributed by atoms with E-state index in [-0.39, 0.29) is 11.6 Å². The molecule has 0 saturated carbocycles. The number of nitrogens with zero attached hydrogens (tertiary/aromatic N) is 2. The van der Waals surface area contributed by atoms with Crippen molar-refractivity contribution in [2.45, 2.75) is 6.42 Å². The van der Waals surface area contributed by atoms with E-state index in [4.69, 9.17) is 16.3 Å². The molecule has 0 fully saturated rings. The molecule has 1 aromatic carbocycles. The highest BCUT2D eigenvalue weighted by molar-refractivity contribution is 6.19. The molecule has 1 heterocycles. The van der Waals surface area contributed by atoms with Crippen molar-refractivity contribution in [2.24, 2.45) is 7.05 Å². The Kier molecular flexibility index (Phi) is 5.03. The van der Waals surface area contributed by atoms with Crippen LogP contribution in [0.5, 0.6) is 5.75 Å². The van der Waals surface area contributed by atoms with E-state index in [1.807, 2.05) is 17.8 Å². The Balaban J connectivity index is 2.00. The maximum atomic E-state index is 13.6. The molecule has 0 aliphatic carbocycles. The Morgan fingerprint density at radius 1 is 1.45 bits per heavy atom. The minimum Gasteiger partial charge on any atom is -0.490 e. The molecule has 0 amide bonds. The van der Waals surface area contributed by atoms with Gasteiger partial charge in [0.1, 0.15) is 5.82 Å². The molecule has 2 aromatic rings. The molecule has 0 atom stereocenters. The maximum Gasteiger partial charge on any atom is 0.165 e. The zero-order chi connectivity index (χ0) is 14.4. The molecule has 1 aromatic heterocycles. The van der Waals surface area contributed by atoms with Gasteiger partial charge in [-0.3, -0.25) is 0 Å². The lowest BCUT2D eigenvalue weighted by Crippen LogP contribution is -2.07. The van der Waals surface area contributed by atoms with Crippen molar-refractivity contribution in [1.82, 2.24) is 9.55 Å². The van der Waals surface area contributed by atoms with Crippen molar-refractivity contribution in [1.29, 1.82) is 0 Å². The van der Waals surface area contributed by atoms with Crippen LogP contribution in [0.25, 0.3) is 0 Å². The van der Waals surface area contributed by atoms with Crippen molar-refractivity contribution < 1.29 is 9.13 Å². The first-order valence-electron chi connectivity index (χ1n) is 6.14. The molecule has 0 N–H and O–H groups in total. The normalized spacial score (nSPS) is 9.95. The van der Waals surface area contributed by atoms with Gasteiger partial charge in [0, 0.05) is 31.4 Å². The van der Waals surface area contributed by atoms with Crippen molar-refractivity contribution in [3.63, 3.8) is 0 Å². The van der Waals surface area contributed by atoms with Crippen LogP contribution in [0.15, 0.2) is 30.6 Å². The molecule has 0 radical (unpaired) electrons. The first kappa shape index (κ1) is 14.4. The van der Waals surface area contributed by atoms with Gasteiger partial charge in [0.05, 0.1) is 12.5 Å². The first-order valence-corrected chi connectivity index (χ1v) is 6.67. The summed E-state index contributed by atoms with van der Waals surface area (Å²) in [5, 5.41) is 0. The second kappa shape index (κ2) is 6.97. The highest BCUT2D eigenvalue weighted by atomic mass is 35.5. The molecular weight excluding hydrogens is 279 g/mol. The third-order valence-corrected chi connectivity index (χ3v) is 2.87. The Bertz CT molecular complexity index is 643. The average molecular weight is 293 g/mol. The molecule has 0 aliphatic heterocycles. The number of hydrogen-bond acceptors (Lipinski definition) is 2. The predicted molar refractivity (Wildman–Crippen MR) is 76.4 cm³/mol. The summed E-state index contributed by atoms with van der Waals surface area (Å²) in [7, 11) is 1.91. The fourth-order valence-electron chi connectivity index (χ4n) is 1.72. The van der Waals surface area contributed by atoms with E-state index in [1.54, 1.807) is 18.3 Å². The molecule has 104 valence electrons. The Morgan fingerprint density at radius 3 is 3.00 bits per heavy atom. The molecule has 0 saturated heterocycles. The second-order valence-corrected chi connectivity index (χ2v) is 4.40. The van der Waals surface area contributed by atoms with Crippen LogP contribution in [-0.4, -0.2) is 22.0 Å². The van der Waals surface area contributed by atoms with E-state index in [2.05, 4.69) is 16.8 Å². The lowest BCUT2D eigenvalue weighted by Gasteiger charge is -2.07. The monoisotopic (exact) mass is 292 g/mol. The summed E-state index contributed by atoms with van der Waals surface area (Å²) in [5.41, 5.74) is 0.680. The van der Waals surface area contributed by atoms with Gasteiger partial charge in [-0.05, 0) is 18.2 Å². The number of benzene rings is 1. The fourth-order valence-corrected chi connectivity index (χ4v) is 1.78. The van der Waals surface area contributed by atoms with Crippen LogP contribution in [0.3, 0.4) is 0 Å². The maximum absolute atomic E-state index is 13.6. The molecule has 0 aliphatic rings. The van der Waals surface area contributed by atoms with Gasteiger partial charge in [0.25, 0.3) is 0 Å². The van der Waals surface area contributed by atoms with Crippen molar-refractivity contribution in [2.75, 3.05) is 12.5 Å². The van der Waals surface area contributed by atoms with Gasteiger partial charge >= 0.3 is 0 Å². The summed E-state index contributed by atoms with van der Waals surface area (Å²) in [4.78, 5) is 4.18. The minimum atomic E-state index is -0.402. The van der Waals surface area contributed by atoms with Gasteiger partial charge < -0.3 is 9.30 Å². The number of aryl methyl sites for hydroxylation is 1. The lowest BCUT2D eigenvalue weighted by molar-refractivity contribution is 0.301. The number of hydrogen-bond donors (Lipinski definition) is 0. The summed E-state index contributed by atoms with van der Waals surface area (Å²) in [6.07, 6.45) is 4.19. The fraction of sp³-hybridized carbons (Fsp3) is 0.267. The zero-order valence-electron chi connectivity index (χ0n) is 11.1. The largest absolute Gasteiger partial charge is 0.490 e. The summed E-state index contributed by atoms with van der Waals surface area (Å²) in [6, 6.07) is 4.52. The van der Waals surface area contributed by atoms with E-state index in [0.29, 0.717) is 18.6 Å². The summed E-state index contributed by atoms with van der Waals surface area (Å²) in [6.45, 7) is 0.355. The summed E-state index contributed by atoms with van der Waals surface area (Å²) < 4.78 is 21.0. The van der Waals surface area contributed by atoms with Crippen molar-refractivity contribution in [3.8, 4) is 17.6 Å². The highest BCUT2D eigenvalue weighted by Gasteiger charge is 2.05. The van der Waals surface area contributed by atoms with Gasteiger partial charge in [0.2, 0.25) is 0 Å². The number of aromatic nitrogens is 2. The van der Waals surface area contributed by atoms with E-state index < -0.39 is 5.82 Å². The van der Waals surface area contributed by atoms with Crippen LogP contribution in [0.2, 0.25) is 0 Å². The van der Waals surface area contributed by atoms with Gasteiger partial charge in [0.15, 0.2) is 11.6 Å². The molecule has 0 unspecified atom stereocenters. The van der Waals surface area contributed by atoms with Crippen LogP contribution in [-0.2, 0) is 13.5 Å². The Morgan fingerprint density at radius 2 is 2.30 bits per heavy atom. The molecule has 0 bridgehead atoms. The predicted octanol–water partition coefficient (Wildman–Crippen LogP) is 2.77. The molecule has 2 rings (SSSR count). The Hall–Kier alpha value is -1.99. The number of ether oxygens (including phenoxy) is 1. The van der Waals surface area contributed by atoms with Crippen LogP contribution in [0.4, 0.5) is 4.39 Å². The number of imidazole rings is 1. The Labute approximate surface area is 122 Å². The van der Waals surface area contributed by atoms with Crippen LogP contribution in [0, 0.1) is 17.7 Å². The van der Waals surface area contributed by atoms with Crippen LogP contribution in [0.1, 0.15) is 11.4 Å². The van der Waals surface area contributed by atoms with E-state index in [1.165, 1.54) is 6.07 Å². The number of rotatable bonds is 4. The average Bonchev–Trinajstić information content (AvgIpc) is 2.85. The number of halogens is 2. The highest BCUT2D eigenvalue weighted by Crippen LogP contribution is 2.18. The van der Waals surface area contributed by atoms with Crippen molar-refractivity contribution in [3.05, 3.63) is 47.8 Å². The standard InChI is InChI=1S/C15H14ClFN2O/c1-19-9-8-18-15(19)6-10-20-14-11-12(3-2-7-16)4-5-13(14)17/h4-5,8-9,11H,6-7,10H2,1H3. The SMILES string of the molecule is Cn1ccnc1CCOc1cc(C#CCCl)ccc1F. The van der Waals surface area contributed by atoms with Gasteiger partial charge in [-0.25, -0.2) is 9.37 Å². The topological polar surface area (TPSA) is 27.1 Å². The quantitative estimate of drug-likeness (QED) is 0.640. The first-order chi connectivity index (χ1) is 9.70. The van der Waals surface area contributed by atoms with E-state index in [0.717, 1.165) is 5.82 Å². The second-order valence-electron chi connectivity index (χ2n) is 4.13. The van der Waals surface area contributed by atoms with Gasteiger partial charge in [-0.2, -0.15) is 0 Å². The van der Waals surface area contributed by atoms with Gasteiger partial charge in [-0.1, -0.05) is 11.8 Å². The van der Waals surface area contributed by atoms with Crippen LogP contribution >= 0.6 is 11.6 Å². The van der Waals surface area contributed by atoms with Crippen LogP contribution < -0.4 is 4.74 Å². The minimum absolute atomic E-state index is 0.195. The van der Waals surface area contributed by atoms with Crippen molar-refractivity contribution >= 4 is 11.6 Å². The molecule has 20 heavy (non-hydrogen) atoms. The van der Waals surface area contributed by atoms with E-state index in [9.17, 15) is 4.39 Å². The molecular formula is C15H14ClFN2O. The third-order valence-electron chi connectivity index (χ3n) is 2.73. The number of alkyl halides is 1. The lowest BCUT2D eigenvalue weighted by atomic mass is 10.2. The molecule has 0 spiro atoms. The molecule has 5 heteroatoms. The third kappa shape index (κ3) is 3.75. The zero-order valence-corrected chi connectivity index (χ0v) is 11.8. The van der Waals surface area contributed by atoms with Gasteiger partial charge in [-0.15, -0.1) is 11.6 Å². The van der Waals surface area contributed by atoms with E-state index >= 15 is 0 Å². The smallest absolute Gasteiger partial charge is 0.165 e. The summed E-state index contributed by atoms with van der Waals surface area (Å²) >= 11 is 5.49. The molecule has 3 nitrogen and oxygen atoms in total. The summed E-state index contributed by atoms with van der Waals surface area (Å²) in [5.74, 6) is 6.48.